The zero-order chi connectivity index (χ0) is 20.9. The fourth-order valence-corrected chi connectivity index (χ4v) is 5.42. The second kappa shape index (κ2) is 6.97. The molecule has 2 atom stereocenters. The minimum Gasteiger partial charge on any atom is -0.426 e. The van der Waals surface area contributed by atoms with Crippen molar-refractivity contribution < 1.29 is 23.9 Å². The molecule has 0 N–H and O–H groups in total. The van der Waals surface area contributed by atoms with Gasteiger partial charge in [0.1, 0.15) is 11.5 Å². The van der Waals surface area contributed by atoms with Gasteiger partial charge in [-0.2, -0.15) is 0 Å². The molecule has 0 radical (unpaired) electrons. The van der Waals surface area contributed by atoms with Gasteiger partial charge in [0.25, 0.3) is 0 Å². The van der Waals surface area contributed by atoms with E-state index in [9.17, 15) is 14.4 Å². The van der Waals surface area contributed by atoms with Crippen LogP contribution >= 0.6 is 0 Å². The molecular weight excluding hydrogens is 368 g/mol. The largest absolute Gasteiger partial charge is 0.426 e. The van der Waals surface area contributed by atoms with Crippen LogP contribution in [0.3, 0.4) is 0 Å². The summed E-state index contributed by atoms with van der Waals surface area (Å²) in [5, 5.41) is 0. The topological polar surface area (TPSA) is 69.7 Å². The zero-order valence-corrected chi connectivity index (χ0v) is 17.3. The number of esters is 2. The van der Waals surface area contributed by atoms with Crippen LogP contribution in [0.15, 0.2) is 35.4 Å². The standard InChI is InChI=1S/C24H26O5/c1-13(2)17-10-11-24-16(6-5-7-19(17)24)12-18-20(28-14(3)25)8-9-21(29-15(4)26)22(18)23(24)27/h5,7-9,13,16H,6,10-12H2,1-4H3. The molecule has 2 unspecified atom stereocenters. The normalized spacial score (nSPS) is 24.9. The second-order valence-corrected chi connectivity index (χ2v) is 8.54. The molecule has 0 heterocycles. The van der Waals surface area contributed by atoms with Crippen molar-refractivity contribution in [2.45, 2.75) is 53.4 Å². The predicted octanol–water partition coefficient (Wildman–Crippen LogP) is 4.58. The second-order valence-electron chi connectivity index (χ2n) is 8.54. The molecule has 5 nitrogen and oxygen atoms in total. The molecule has 5 heteroatoms. The number of benzene rings is 1. The van der Waals surface area contributed by atoms with E-state index in [0.29, 0.717) is 29.2 Å². The van der Waals surface area contributed by atoms with Gasteiger partial charge in [-0.3, -0.25) is 14.4 Å². The van der Waals surface area contributed by atoms with E-state index < -0.39 is 17.4 Å². The molecule has 1 aromatic carbocycles. The van der Waals surface area contributed by atoms with E-state index in [4.69, 9.17) is 9.47 Å². The maximum atomic E-state index is 14.1. The lowest BCUT2D eigenvalue weighted by atomic mass is 9.57. The molecular formula is C24H26O5. The lowest BCUT2D eigenvalue weighted by molar-refractivity contribution is -0.133. The molecule has 0 saturated heterocycles. The van der Waals surface area contributed by atoms with Crippen LogP contribution < -0.4 is 9.47 Å². The number of rotatable bonds is 3. The van der Waals surface area contributed by atoms with E-state index in [2.05, 4.69) is 26.0 Å². The van der Waals surface area contributed by atoms with Gasteiger partial charge in [-0.05, 0) is 55.2 Å². The molecule has 3 aliphatic carbocycles. The Balaban J connectivity index is 1.93. The Morgan fingerprint density at radius 2 is 1.76 bits per heavy atom. The van der Waals surface area contributed by atoms with Crippen molar-refractivity contribution in [3.63, 3.8) is 0 Å². The number of carbonyl (C=O) groups excluding carboxylic acids is 3. The van der Waals surface area contributed by atoms with Crippen LogP contribution in [0.4, 0.5) is 0 Å². The molecule has 29 heavy (non-hydrogen) atoms. The molecule has 1 spiro atoms. The van der Waals surface area contributed by atoms with Crippen LogP contribution in [0.1, 0.15) is 62.9 Å². The first-order valence-corrected chi connectivity index (χ1v) is 10.2. The molecule has 0 saturated carbocycles. The summed E-state index contributed by atoms with van der Waals surface area (Å²) in [5.74, 6) is 0.203. The first-order valence-electron chi connectivity index (χ1n) is 10.2. The Hall–Kier alpha value is -2.69. The summed E-state index contributed by atoms with van der Waals surface area (Å²) in [5.41, 5.74) is 2.98. The molecule has 0 fully saturated rings. The van der Waals surface area contributed by atoms with Gasteiger partial charge in [0.2, 0.25) is 0 Å². The Morgan fingerprint density at radius 1 is 1.10 bits per heavy atom. The summed E-state index contributed by atoms with van der Waals surface area (Å²) >= 11 is 0. The number of fused-ring (bicyclic) bond motifs is 1. The molecule has 0 amide bonds. The van der Waals surface area contributed by atoms with Crippen LogP contribution in [0.2, 0.25) is 0 Å². The van der Waals surface area contributed by atoms with Crippen molar-refractivity contribution in [1.82, 2.24) is 0 Å². The number of ether oxygens (including phenoxy) is 2. The van der Waals surface area contributed by atoms with Crippen molar-refractivity contribution in [1.29, 1.82) is 0 Å². The number of ketones is 1. The van der Waals surface area contributed by atoms with Crippen LogP contribution in [0.5, 0.6) is 11.5 Å². The zero-order valence-electron chi connectivity index (χ0n) is 17.3. The highest BCUT2D eigenvalue weighted by atomic mass is 16.5. The highest BCUT2D eigenvalue weighted by Crippen LogP contribution is 2.60. The van der Waals surface area contributed by atoms with E-state index in [1.165, 1.54) is 19.4 Å². The van der Waals surface area contributed by atoms with Crippen LogP contribution in [-0.2, 0) is 16.0 Å². The summed E-state index contributed by atoms with van der Waals surface area (Å²) in [4.78, 5) is 37.4. The number of Topliss-reactive ketones (excluding diaryl/α,β-unsaturated/α-hetero) is 1. The summed E-state index contributed by atoms with van der Waals surface area (Å²) in [6, 6.07) is 3.18. The Labute approximate surface area is 170 Å². The maximum Gasteiger partial charge on any atom is 0.308 e. The Morgan fingerprint density at radius 3 is 2.41 bits per heavy atom. The quantitative estimate of drug-likeness (QED) is 0.554. The smallest absolute Gasteiger partial charge is 0.308 e. The minimum absolute atomic E-state index is 0.0102. The highest BCUT2D eigenvalue weighted by molar-refractivity contribution is 6.09. The van der Waals surface area contributed by atoms with E-state index >= 15 is 0 Å². The molecule has 3 aliphatic rings. The first kappa shape index (κ1) is 19.6. The summed E-state index contributed by atoms with van der Waals surface area (Å²) in [6.45, 7) is 7.00. The molecule has 0 aliphatic heterocycles. The molecule has 4 rings (SSSR count). The number of hydrogen-bond acceptors (Lipinski definition) is 5. The van der Waals surface area contributed by atoms with Crippen molar-refractivity contribution in [3.8, 4) is 11.5 Å². The third kappa shape index (κ3) is 2.95. The van der Waals surface area contributed by atoms with E-state index in [1.54, 1.807) is 12.1 Å². The fourth-order valence-electron chi connectivity index (χ4n) is 5.42. The van der Waals surface area contributed by atoms with Gasteiger partial charge in [0.05, 0.1) is 11.0 Å². The van der Waals surface area contributed by atoms with Gasteiger partial charge >= 0.3 is 11.9 Å². The third-order valence-corrected chi connectivity index (χ3v) is 6.54. The SMILES string of the molecule is CC(=O)Oc1ccc(OC(C)=O)c2c1CC1CC=CC3=C(C(C)C)CCC31C2=O. The lowest BCUT2D eigenvalue weighted by Crippen LogP contribution is -2.45. The van der Waals surface area contributed by atoms with Gasteiger partial charge in [-0.25, -0.2) is 0 Å². The van der Waals surface area contributed by atoms with Crippen LogP contribution in [-0.4, -0.2) is 17.7 Å². The third-order valence-electron chi connectivity index (χ3n) is 6.54. The van der Waals surface area contributed by atoms with Gasteiger partial charge in [0, 0.05) is 19.4 Å². The molecule has 152 valence electrons. The molecule has 0 bridgehead atoms. The maximum absolute atomic E-state index is 14.1. The van der Waals surface area contributed by atoms with Crippen LogP contribution in [0, 0.1) is 17.3 Å². The molecule has 0 aromatic heterocycles. The monoisotopic (exact) mass is 394 g/mol. The van der Waals surface area contributed by atoms with Gasteiger partial charge < -0.3 is 9.47 Å². The van der Waals surface area contributed by atoms with Crippen molar-refractivity contribution in [2.75, 3.05) is 0 Å². The van der Waals surface area contributed by atoms with Crippen molar-refractivity contribution >= 4 is 17.7 Å². The summed E-state index contributed by atoms with van der Waals surface area (Å²) in [6.07, 6.45) is 7.38. The number of allylic oxidation sites excluding steroid dienone is 4. The lowest BCUT2D eigenvalue weighted by Gasteiger charge is -2.44. The van der Waals surface area contributed by atoms with Crippen LogP contribution in [0.25, 0.3) is 0 Å². The van der Waals surface area contributed by atoms with Gasteiger partial charge in [-0.1, -0.05) is 31.6 Å². The minimum atomic E-state index is -0.578. The van der Waals surface area contributed by atoms with Crippen molar-refractivity contribution in [3.05, 3.63) is 46.6 Å². The predicted molar refractivity (Wildman–Crippen MR) is 108 cm³/mol. The average Bonchev–Trinajstić information content (AvgIpc) is 3.03. The average molecular weight is 394 g/mol. The van der Waals surface area contributed by atoms with E-state index in [1.807, 2.05) is 0 Å². The van der Waals surface area contributed by atoms with E-state index in [-0.39, 0.29) is 17.5 Å². The molecule has 1 aromatic rings. The number of hydrogen-bond donors (Lipinski definition) is 0. The van der Waals surface area contributed by atoms with Gasteiger partial charge in [0.15, 0.2) is 5.78 Å². The summed E-state index contributed by atoms with van der Waals surface area (Å²) in [7, 11) is 0. The van der Waals surface area contributed by atoms with E-state index in [0.717, 1.165) is 24.8 Å². The van der Waals surface area contributed by atoms with Gasteiger partial charge in [-0.15, -0.1) is 0 Å². The number of carbonyl (C=O) groups is 3. The highest BCUT2D eigenvalue weighted by Gasteiger charge is 2.56. The van der Waals surface area contributed by atoms with Crippen molar-refractivity contribution in [2.24, 2.45) is 17.3 Å². The Kier molecular flexibility index (Phi) is 4.72. The Bertz CT molecular complexity index is 981. The first-order chi connectivity index (χ1) is 13.8. The summed E-state index contributed by atoms with van der Waals surface area (Å²) < 4.78 is 10.8. The fraction of sp³-hybridized carbons (Fsp3) is 0.458.